The van der Waals surface area contributed by atoms with Crippen LogP contribution in [-0.2, 0) is 4.74 Å². The number of carbonyl (C=O) groups is 1. The first kappa shape index (κ1) is 13.8. The van der Waals surface area contributed by atoms with E-state index in [0.29, 0.717) is 22.6 Å². The number of rotatable bonds is 4. The number of non-ortho nitro benzene ring substituents is 1. The number of aryl methyl sites for hydroxylation is 1. The Morgan fingerprint density at radius 2 is 2.15 bits per heavy atom. The molecule has 2 aromatic rings. The Morgan fingerprint density at radius 3 is 2.80 bits per heavy atom. The molecule has 2 rings (SSSR count). The molecule has 0 aliphatic heterocycles. The van der Waals surface area contributed by atoms with E-state index in [-0.39, 0.29) is 12.3 Å². The molecule has 0 N–H and O–H groups in total. The third-order valence-corrected chi connectivity index (χ3v) is 2.75. The number of benzene rings is 1. The van der Waals surface area contributed by atoms with Crippen molar-refractivity contribution in [3.05, 3.63) is 51.8 Å². The maximum atomic E-state index is 11.7. The van der Waals surface area contributed by atoms with Crippen LogP contribution in [0.4, 0.5) is 5.69 Å². The highest BCUT2D eigenvalue weighted by atomic mass is 16.6. The summed E-state index contributed by atoms with van der Waals surface area (Å²) in [6, 6.07) is 7.57. The van der Waals surface area contributed by atoms with Gasteiger partial charge in [-0.15, -0.1) is 0 Å². The summed E-state index contributed by atoms with van der Waals surface area (Å²) >= 11 is 0. The molecule has 0 unspecified atom stereocenters. The summed E-state index contributed by atoms with van der Waals surface area (Å²) in [7, 11) is 0. The fourth-order valence-corrected chi connectivity index (χ4v) is 1.81. The number of furan rings is 1. The number of hydrogen-bond donors (Lipinski definition) is 0. The zero-order chi connectivity index (χ0) is 14.7. The fourth-order valence-electron chi connectivity index (χ4n) is 1.81. The van der Waals surface area contributed by atoms with Gasteiger partial charge in [-0.05, 0) is 19.9 Å². The van der Waals surface area contributed by atoms with E-state index in [1.54, 1.807) is 26.0 Å². The van der Waals surface area contributed by atoms with Crippen LogP contribution >= 0.6 is 0 Å². The third kappa shape index (κ3) is 2.69. The molecule has 0 amide bonds. The minimum Gasteiger partial charge on any atom is -0.462 e. The first-order chi connectivity index (χ1) is 9.52. The van der Waals surface area contributed by atoms with Crippen LogP contribution in [0.5, 0.6) is 0 Å². The maximum Gasteiger partial charge on any atom is 0.341 e. The molecule has 0 aliphatic rings. The number of hydrogen-bond acceptors (Lipinski definition) is 5. The molecule has 1 aromatic carbocycles. The lowest BCUT2D eigenvalue weighted by atomic mass is 10.1. The largest absolute Gasteiger partial charge is 0.462 e. The number of carbonyl (C=O) groups excluding carboxylic acids is 1. The number of nitrogens with zero attached hydrogens (tertiary/aromatic N) is 1. The number of esters is 1. The van der Waals surface area contributed by atoms with Gasteiger partial charge in [-0.25, -0.2) is 4.79 Å². The molecule has 1 aromatic heterocycles. The summed E-state index contributed by atoms with van der Waals surface area (Å²) in [5, 5.41) is 10.8. The van der Waals surface area contributed by atoms with Crippen LogP contribution in [0.25, 0.3) is 11.3 Å². The van der Waals surface area contributed by atoms with E-state index >= 15 is 0 Å². The van der Waals surface area contributed by atoms with Gasteiger partial charge in [0.05, 0.1) is 11.5 Å². The first-order valence-corrected chi connectivity index (χ1v) is 6.05. The summed E-state index contributed by atoms with van der Waals surface area (Å²) in [5.74, 6) is 0.352. The minimum atomic E-state index is -0.481. The average Bonchev–Trinajstić information content (AvgIpc) is 2.81. The Balaban J connectivity index is 2.39. The SMILES string of the molecule is CCOC(=O)c1cc(-c2cccc([N+](=O)[O-])c2)oc1C. The molecule has 20 heavy (non-hydrogen) atoms. The molecule has 0 atom stereocenters. The summed E-state index contributed by atoms with van der Waals surface area (Å²) in [4.78, 5) is 22.0. The third-order valence-electron chi connectivity index (χ3n) is 2.75. The van der Waals surface area contributed by atoms with Gasteiger partial charge in [-0.1, -0.05) is 12.1 Å². The van der Waals surface area contributed by atoms with Gasteiger partial charge in [0, 0.05) is 17.7 Å². The van der Waals surface area contributed by atoms with Gasteiger partial charge in [-0.2, -0.15) is 0 Å². The van der Waals surface area contributed by atoms with Crippen molar-refractivity contribution in [1.29, 1.82) is 0 Å². The Hall–Kier alpha value is -2.63. The molecule has 104 valence electrons. The highest BCUT2D eigenvalue weighted by Gasteiger charge is 2.18. The summed E-state index contributed by atoms with van der Waals surface area (Å²) in [5.41, 5.74) is 0.834. The molecular weight excluding hydrogens is 262 g/mol. The summed E-state index contributed by atoms with van der Waals surface area (Å²) in [6.07, 6.45) is 0. The monoisotopic (exact) mass is 275 g/mol. The lowest BCUT2D eigenvalue weighted by Gasteiger charge is -1.97. The normalized spacial score (nSPS) is 10.3. The zero-order valence-electron chi connectivity index (χ0n) is 11.1. The van der Waals surface area contributed by atoms with E-state index < -0.39 is 10.9 Å². The second kappa shape index (κ2) is 5.56. The van der Waals surface area contributed by atoms with Crippen LogP contribution in [0.15, 0.2) is 34.7 Å². The van der Waals surface area contributed by atoms with Crippen molar-refractivity contribution in [2.45, 2.75) is 13.8 Å². The molecule has 0 bridgehead atoms. The molecule has 0 aliphatic carbocycles. The molecule has 0 saturated heterocycles. The highest BCUT2D eigenvalue weighted by Crippen LogP contribution is 2.28. The van der Waals surface area contributed by atoms with Crippen LogP contribution in [-0.4, -0.2) is 17.5 Å². The minimum absolute atomic E-state index is 0.0331. The standard InChI is InChI=1S/C14H13NO5/c1-3-19-14(16)12-8-13(20-9(12)2)10-5-4-6-11(7-10)15(17)18/h4-8H,3H2,1-2H3. The van der Waals surface area contributed by atoms with Crippen molar-refractivity contribution >= 4 is 11.7 Å². The lowest BCUT2D eigenvalue weighted by Crippen LogP contribution is -2.04. The van der Waals surface area contributed by atoms with E-state index in [9.17, 15) is 14.9 Å². The summed E-state index contributed by atoms with van der Waals surface area (Å²) < 4.78 is 10.4. The van der Waals surface area contributed by atoms with Crippen molar-refractivity contribution in [3.63, 3.8) is 0 Å². The highest BCUT2D eigenvalue weighted by molar-refractivity contribution is 5.91. The molecule has 0 radical (unpaired) electrons. The van der Waals surface area contributed by atoms with Gasteiger partial charge in [-0.3, -0.25) is 10.1 Å². The van der Waals surface area contributed by atoms with Crippen LogP contribution in [0.3, 0.4) is 0 Å². The smallest absolute Gasteiger partial charge is 0.341 e. The molecule has 6 heteroatoms. The van der Waals surface area contributed by atoms with Gasteiger partial charge >= 0.3 is 5.97 Å². The molecule has 0 fully saturated rings. The van der Waals surface area contributed by atoms with E-state index in [1.165, 1.54) is 18.2 Å². The Kier molecular flexibility index (Phi) is 3.84. The quantitative estimate of drug-likeness (QED) is 0.485. The van der Waals surface area contributed by atoms with Crippen LogP contribution in [0, 0.1) is 17.0 Å². The zero-order valence-corrected chi connectivity index (χ0v) is 11.1. The van der Waals surface area contributed by atoms with Crippen LogP contribution in [0.2, 0.25) is 0 Å². The van der Waals surface area contributed by atoms with Crippen molar-refractivity contribution in [1.82, 2.24) is 0 Å². The second-order valence-electron chi connectivity index (χ2n) is 4.11. The first-order valence-electron chi connectivity index (χ1n) is 6.05. The Labute approximate surface area is 115 Å². The predicted octanol–water partition coefficient (Wildman–Crippen LogP) is 3.34. The van der Waals surface area contributed by atoms with Gasteiger partial charge in [0.2, 0.25) is 0 Å². The predicted molar refractivity (Wildman–Crippen MR) is 71.5 cm³/mol. The van der Waals surface area contributed by atoms with Gasteiger partial charge in [0.1, 0.15) is 17.1 Å². The molecular formula is C14H13NO5. The molecule has 0 saturated carbocycles. The summed E-state index contributed by atoms with van der Waals surface area (Å²) in [6.45, 7) is 3.64. The molecule has 0 spiro atoms. The lowest BCUT2D eigenvalue weighted by molar-refractivity contribution is -0.384. The van der Waals surface area contributed by atoms with E-state index in [1.807, 2.05) is 0 Å². The van der Waals surface area contributed by atoms with Crippen LogP contribution < -0.4 is 0 Å². The van der Waals surface area contributed by atoms with Gasteiger partial charge in [0.25, 0.3) is 5.69 Å². The van der Waals surface area contributed by atoms with Crippen LogP contribution in [0.1, 0.15) is 23.0 Å². The second-order valence-corrected chi connectivity index (χ2v) is 4.11. The maximum absolute atomic E-state index is 11.7. The van der Waals surface area contributed by atoms with Crippen molar-refractivity contribution in [2.75, 3.05) is 6.61 Å². The average molecular weight is 275 g/mol. The number of ether oxygens (including phenoxy) is 1. The Bertz CT molecular complexity index is 659. The Morgan fingerprint density at radius 1 is 1.40 bits per heavy atom. The van der Waals surface area contributed by atoms with Gasteiger partial charge < -0.3 is 9.15 Å². The van der Waals surface area contributed by atoms with E-state index in [0.717, 1.165) is 0 Å². The van der Waals surface area contributed by atoms with Crippen molar-refractivity contribution in [3.8, 4) is 11.3 Å². The van der Waals surface area contributed by atoms with Crippen molar-refractivity contribution in [2.24, 2.45) is 0 Å². The number of nitro benzene ring substituents is 1. The van der Waals surface area contributed by atoms with Crippen molar-refractivity contribution < 1.29 is 18.9 Å². The van der Waals surface area contributed by atoms with E-state index in [2.05, 4.69) is 0 Å². The topological polar surface area (TPSA) is 82.6 Å². The fraction of sp³-hybridized carbons (Fsp3) is 0.214. The van der Waals surface area contributed by atoms with Gasteiger partial charge in [0.15, 0.2) is 0 Å². The molecule has 6 nitrogen and oxygen atoms in total. The number of nitro groups is 1. The molecule has 1 heterocycles. The van der Waals surface area contributed by atoms with E-state index in [4.69, 9.17) is 9.15 Å².